The standard InChI is InChI=1S/C29H26N2O6/c1-17-9-8-10-18(2)26(17)30-28(34)23(31-36)16-20(32)15-22(19-11-4-3-5-12-19)25-27(33)21-13-6-7-14-24(21)37-29(25)35/h3-14,22,33,36H,15-16H2,1-2H3,(H,30,34)/b31-23+/t22-/m0/s1. The Bertz CT molecular complexity index is 1540. The van der Waals surface area contributed by atoms with Crippen LogP contribution in [0.1, 0.15) is 41.0 Å². The molecule has 0 radical (unpaired) electrons. The third-order valence-corrected chi connectivity index (χ3v) is 6.27. The second-order valence-corrected chi connectivity index (χ2v) is 8.80. The van der Waals surface area contributed by atoms with Gasteiger partial charge in [-0.15, -0.1) is 0 Å². The molecule has 4 rings (SSSR count). The third kappa shape index (κ3) is 5.43. The predicted octanol–water partition coefficient (Wildman–Crippen LogP) is 5.07. The Labute approximate surface area is 212 Å². The van der Waals surface area contributed by atoms with Crippen molar-refractivity contribution in [2.75, 3.05) is 5.32 Å². The lowest BCUT2D eigenvalue weighted by Gasteiger charge is -2.18. The molecule has 0 saturated heterocycles. The first-order valence-corrected chi connectivity index (χ1v) is 11.7. The van der Waals surface area contributed by atoms with Crippen LogP contribution in [-0.4, -0.2) is 27.7 Å². The molecule has 0 aliphatic rings. The van der Waals surface area contributed by atoms with Crippen LogP contribution in [0.15, 0.2) is 87.2 Å². The highest BCUT2D eigenvalue weighted by atomic mass is 16.4. The van der Waals surface area contributed by atoms with Crippen LogP contribution >= 0.6 is 0 Å². The van der Waals surface area contributed by atoms with Gasteiger partial charge in [0, 0.05) is 18.0 Å². The molecule has 1 heterocycles. The Morgan fingerprint density at radius 2 is 1.59 bits per heavy atom. The van der Waals surface area contributed by atoms with E-state index in [9.17, 15) is 24.7 Å². The van der Waals surface area contributed by atoms with Gasteiger partial charge in [0.15, 0.2) is 5.71 Å². The van der Waals surface area contributed by atoms with Crippen LogP contribution in [0.3, 0.4) is 0 Å². The lowest BCUT2D eigenvalue weighted by atomic mass is 9.86. The van der Waals surface area contributed by atoms with Gasteiger partial charge in [0.2, 0.25) is 0 Å². The average Bonchev–Trinajstić information content (AvgIpc) is 2.89. The summed E-state index contributed by atoms with van der Waals surface area (Å²) in [5, 5.41) is 26.6. The Balaban J connectivity index is 1.63. The normalized spacial score (nSPS) is 12.3. The molecule has 37 heavy (non-hydrogen) atoms. The average molecular weight is 499 g/mol. The number of hydrogen-bond acceptors (Lipinski definition) is 7. The Kier molecular flexibility index (Phi) is 7.48. The van der Waals surface area contributed by atoms with Crippen LogP contribution < -0.4 is 10.9 Å². The number of carbonyl (C=O) groups is 2. The minimum atomic E-state index is -0.851. The molecule has 3 N–H and O–H groups in total. The molecule has 3 aromatic carbocycles. The molecule has 0 bridgehead atoms. The SMILES string of the molecule is Cc1cccc(C)c1NC(=O)/C(CC(=O)C[C@@H](c1ccccc1)c1c(O)c2ccccc2oc1=O)=N/O. The molecular weight excluding hydrogens is 472 g/mol. The minimum Gasteiger partial charge on any atom is -0.507 e. The second-order valence-electron chi connectivity index (χ2n) is 8.80. The first kappa shape index (κ1) is 25.4. The van der Waals surface area contributed by atoms with E-state index >= 15 is 0 Å². The van der Waals surface area contributed by atoms with Crippen molar-refractivity contribution in [1.82, 2.24) is 0 Å². The highest BCUT2D eigenvalue weighted by molar-refractivity contribution is 6.45. The maximum Gasteiger partial charge on any atom is 0.343 e. The smallest absolute Gasteiger partial charge is 0.343 e. The van der Waals surface area contributed by atoms with Crippen molar-refractivity contribution in [2.24, 2.45) is 5.16 Å². The summed E-state index contributed by atoms with van der Waals surface area (Å²) in [4.78, 5) is 38.9. The summed E-state index contributed by atoms with van der Waals surface area (Å²) in [5.41, 5.74) is 1.86. The largest absolute Gasteiger partial charge is 0.507 e. The van der Waals surface area contributed by atoms with E-state index in [0.29, 0.717) is 16.6 Å². The van der Waals surface area contributed by atoms with E-state index in [1.165, 1.54) is 0 Å². The summed E-state index contributed by atoms with van der Waals surface area (Å²) in [6, 6.07) is 20.9. The lowest BCUT2D eigenvalue weighted by Crippen LogP contribution is -2.27. The molecular formula is C29H26N2O6. The molecule has 1 atom stereocenters. The van der Waals surface area contributed by atoms with E-state index in [1.807, 2.05) is 32.0 Å². The van der Waals surface area contributed by atoms with E-state index < -0.39 is 29.7 Å². The number of rotatable bonds is 8. The summed E-state index contributed by atoms with van der Waals surface area (Å²) in [5.74, 6) is -2.30. The molecule has 4 aromatic rings. The molecule has 0 aliphatic heterocycles. The molecule has 1 aromatic heterocycles. The number of benzene rings is 3. The van der Waals surface area contributed by atoms with Gasteiger partial charge >= 0.3 is 5.63 Å². The number of anilines is 1. The summed E-state index contributed by atoms with van der Waals surface area (Å²) < 4.78 is 5.43. The van der Waals surface area contributed by atoms with Crippen molar-refractivity contribution in [3.8, 4) is 5.75 Å². The van der Waals surface area contributed by atoms with Crippen molar-refractivity contribution in [3.63, 3.8) is 0 Å². The van der Waals surface area contributed by atoms with E-state index in [4.69, 9.17) is 4.42 Å². The molecule has 0 spiro atoms. The minimum absolute atomic E-state index is 0.0549. The summed E-state index contributed by atoms with van der Waals surface area (Å²) in [7, 11) is 0. The lowest BCUT2D eigenvalue weighted by molar-refractivity contribution is -0.119. The number of hydrogen-bond donors (Lipinski definition) is 3. The van der Waals surface area contributed by atoms with Crippen LogP contribution in [0.2, 0.25) is 0 Å². The summed E-state index contributed by atoms with van der Waals surface area (Å²) in [6.45, 7) is 3.66. The third-order valence-electron chi connectivity index (χ3n) is 6.27. The highest BCUT2D eigenvalue weighted by Crippen LogP contribution is 2.36. The monoisotopic (exact) mass is 498 g/mol. The Morgan fingerprint density at radius 3 is 2.27 bits per heavy atom. The van der Waals surface area contributed by atoms with Gasteiger partial charge in [0.05, 0.1) is 17.4 Å². The summed E-state index contributed by atoms with van der Waals surface area (Å²) >= 11 is 0. The molecule has 8 nitrogen and oxygen atoms in total. The van der Waals surface area contributed by atoms with Gasteiger partial charge in [0.1, 0.15) is 17.1 Å². The maximum absolute atomic E-state index is 13.2. The Morgan fingerprint density at radius 1 is 0.946 bits per heavy atom. The van der Waals surface area contributed by atoms with Gasteiger partial charge in [-0.05, 0) is 42.7 Å². The number of ketones is 1. The maximum atomic E-state index is 13.2. The number of carbonyl (C=O) groups excluding carboxylic acids is 2. The molecule has 0 unspecified atom stereocenters. The molecule has 188 valence electrons. The fourth-order valence-electron chi connectivity index (χ4n) is 4.37. The van der Waals surface area contributed by atoms with E-state index in [0.717, 1.165) is 11.1 Å². The van der Waals surface area contributed by atoms with Crippen LogP contribution in [-0.2, 0) is 9.59 Å². The van der Waals surface area contributed by atoms with Crippen molar-refractivity contribution in [2.45, 2.75) is 32.6 Å². The number of nitrogens with zero attached hydrogens (tertiary/aromatic N) is 1. The molecule has 1 amide bonds. The van der Waals surface area contributed by atoms with Gasteiger partial charge in [-0.1, -0.05) is 65.8 Å². The topological polar surface area (TPSA) is 129 Å². The molecule has 8 heteroatoms. The van der Waals surface area contributed by atoms with Gasteiger partial charge in [0.25, 0.3) is 5.91 Å². The van der Waals surface area contributed by atoms with Crippen LogP contribution in [0.4, 0.5) is 5.69 Å². The number of Topliss-reactive ketones (excluding diaryl/α,β-unsaturated/α-hetero) is 1. The predicted molar refractivity (Wildman–Crippen MR) is 140 cm³/mol. The number of para-hydroxylation sites is 2. The zero-order valence-electron chi connectivity index (χ0n) is 20.4. The fourth-order valence-corrected chi connectivity index (χ4v) is 4.37. The number of oxime groups is 1. The second kappa shape index (κ2) is 10.9. The van der Waals surface area contributed by atoms with Crippen LogP contribution in [0.5, 0.6) is 5.75 Å². The summed E-state index contributed by atoms with van der Waals surface area (Å²) in [6.07, 6.45) is -0.716. The van der Waals surface area contributed by atoms with Crippen molar-refractivity contribution in [1.29, 1.82) is 0 Å². The quantitative estimate of drug-likeness (QED) is 0.135. The van der Waals surface area contributed by atoms with Gasteiger partial charge in [-0.25, -0.2) is 4.79 Å². The van der Waals surface area contributed by atoms with E-state index in [2.05, 4.69) is 10.5 Å². The fraction of sp³-hybridized carbons (Fsp3) is 0.172. The number of amides is 1. The Hall–Kier alpha value is -4.72. The molecule has 0 saturated carbocycles. The van der Waals surface area contributed by atoms with Gasteiger partial charge < -0.3 is 20.0 Å². The number of nitrogens with one attached hydrogen (secondary N) is 1. The van der Waals surface area contributed by atoms with Crippen LogP contribution in [0, 0.1) is 13.8 Å². The van der Waals surface area contributed by atoms with E-state index in [-0.39, 0.29) is 29.0 Å². The molecule has 0 aliphatic carbocycles. The molecule has 0 fully saturated rings. The zero-order chi connectivity index (χ0) is 26.5. The first-order valence-electron chi connectivity index (χ1n) is 11.7. The van der Waals surface area contributed by atoms with Crippen molar-refractivity contribution >= 4 is 34.1 Å². The van der Waals surface area contributed by atoms with E-state index in [1.54, 1.807) is 54.6 Å². The van der Waals surface area contributed by atoms with Crippen molar-refractivity contribution in [3.05, 3.63) is 105 Å². The van der Waals surface area contributed by atoms with Gasteiger partial charge in [-0.3, -0.25) is 9.59 Å². The highest BCUT2D eigenvalue weighted by Gasteiger charge is 2.28. The first-order chi connectivity index (χ1) is 17.8. The number of aromatic hydroxyl groups is 1. The van der Waals surface area contributed by atoms with Crippen LogP contribution in [0.25, 0.3) is 11.0 Å². The zero-order valence-corrected chi connectivity index (χ0v) is 20.4. The number of aryl methyl sites for hydroxylation is 2. The number of fused-ring (bicyclic) bond motifs is 1. The van der Waals surface area contributed by atoms with Crippen molar-refractivity contribution < 1.29 is 24.3 Å². The van der Waals surface area contributed by atoms with Gasteiger partial charge in [-0.2, -0.15) is 0 Å².